The molecule has 17 heavy (non-hydrogen) atoms. The van der Waals surface area contributed by atoms with Crippen LogP contribution in [0, 0.1) is 0 Å². The summed E-state index contributed by atoms with van der Waals surface area (Å²) < 4.78 is 0. The van der Waals surface area contributed by atoms with Crippen molar-refractivity contribution in [1.82, 2.24) is 4.98 Å². The van der Waals surface area contributed by atoms with Crippen LogP contribution in [0.25, 0.3) is 0 Å². The fraction of sp³-hybridized carbons (Fsp3) is 0.500. The zero-order valence-electron chi connectivity index (χ0n) is 10.6. The van der Waals surface area contributed by atoms with Gasteiger partial charge in [-0.25, -0.2) is 4.98 Å². The molecule has 0 spiro atoms. The monoisotopic (exact) mass is 236 g/mol. The van der Waals surface area contributed by atoms with E-state index in [-0.39, 0.29) is 5.84 Å². The molecule has 0 amide bonds. The number of aromatic nitrogens is 1. The van der Waals surface area contributed by atoms with Gasteiger partial charge < -0.3 is 15.8 Å². The standard InChI is InChI=1S/C12H20N4O/c1-4-8-16(9(2)3)12-10(11(13)15-17)6-5-7-14-12/h5-7,9,17H,4,8H2,1-3H3,(H2,13,15). The first-order chi connectivity index (χ1) is 8.11. The van der Waals surface area contributed by atoms with Crippen LogP contribution in [-0.2, 0) is 0 Å². The average molecular weight is 236 g/mol. The number of hydrogen-bond acceptors (Lipinski definition) is 4. The molecule has 0 bridgehead atoms. The summed E-state index contributed by atoms with van der Waals surface area (Å²) in [5, 5.41) is 11.8. The lowest BCUT2D eigenvalue weighted by atomic mass is 10.2. The van der Waals surface area contributed by atoms with E-state index in [4.69, 9.17) is 10.9 Å². The minimum absolute atomic E-state index is 0.0925. The van der Waals surface area contributed by atoms with Crippen molar-refractivity contribution in [2.45, 2.75) is 33.2 Å². The molecule has 0 unspecified atom stereocenters. The van der Waals surface area contributed by atoms with E-state index >= 15 is 0 Å². The second-order valence-electron chi connectivity index (χ2n) is 4.15. The number of anilines is 1. The van der Waals surface area contributed by atoms with Gasteiger partial charge in [0.2, 0.25) is 0 Å². The fourth-order valence-electron chi connectivity index (χ4n) is 1.73. The summed E-state index contributed by atoms with van der Waals surface area (Å²) in [5.74, 6) is 0.856. The first kappa shape index (κ1) is 13.3. The fourth-order valence-corrected chi connectivity index (χ4v) is 1.73. The van der Waals surface area contributed by atoms with Crippen molar-refractivity contribution in [3.63, 3.8) is 0 Å². The number of hydrogen-bond donors (Lipinski definition) is 2. The van der Waals surface area contributed by atoms with Crippen molar-refractivity contribution < 1.29 is 5.21 Å². The number of nitrogens with zero attached hydrogens (tertiary/aromatic N) is 3. The van der Waals surface area contributed by atoms with Crippen molar-refractivity contribution in [3.8, 4) is 0 Å². The van der Waals surface area contributed by atoms with E-state index in [1.165, 1.54) is 0 Å². The van der Waals surface area contributed by atoms with Gasteiger partial charge in [0.1, 0.15) is 5.82 Å². The van der Waals surface area contributed by atoms with E-state index in [0.29, 0.717) is 11.6 Å². The van der Waals surface area contributed by atoms with E-state index in [1.54, 1.807) is 12.3 Å². The second-order valence-corrected chi connectivity index (χ2v) is 4.15. The Morgan fingerprint density at radius 2 is 2.29 bits per heavy atom. The van der Waals surface area contributed by atoms with Crippen molar-refractivity contribution in [2.75, 3.05) is 11.4 Å². The van der Waals surface area contributed by atoms with E-state index in [2.05, 4.69) is 35.8 Å². The molecule has 0 saturated carbocycles. The predicted octanol–water partition coefficient (Wildman–Crippen LogP) is 1.80. The topological polar surface area (TPSA) is 74.7 Å². The highest BCUT2D eigenvalue weighted by atomic mass is 16.4. The number of oxime groups is 1. The van der Waals surface area contributed by atoms with Gasteiger partial charge >= 0.3 is 0 Å². The van der Waals surface area contributed by atoms with Crippen LogP contribution in [0.1, 0.15) is 32.8 Å². The highest BCUT2D eigenvalue weighted by Gasteiger charge is 2.16. The van der Waals surface area contributed by atoms with E-state index in [9.17, 15) is 0 Å². The van der Waals surface area contributed by atoms with Crippen molar-refractivity contribution in [3.05, 3.63) is 23.9 Å². The Morgan fingerprint density at radius 1 is 1.59 bits per heavy atom. The highest BCUT2D eigenvalue weighted by Crippen LogP contribution is 2.19. The summed E-state index contributed by atoms with van der Waals surface area (Å²) in [6.07, 6.45) is 2.74. The zero-order valence-corrected chi connectivity index (χ0v) is 10.6. The van der Waals surface area contributed by atoms with Gasteiger partial charge in [-0.05, 0) is 32.4 Å². The lowest BCUT2D eigenvalue weighted by molar-refractivity contribution is 0.318. The molecule has 0 saturated heterocycles. The molecule has 0 fully saturated rings. The summed E-state index contributed by atoms with van der Waals surface area (Å²) >= 11 is 0. The SMILES string of the molecule is CCCN(c1ncccc1/C(N)=N/O)C(C)C. The maximum absolute atomic E-state index is 8.78. The molecule has 3 N–H and O–H groups in total. The minimum Gasteiger partial charge on any atom is -0.409 e. The van der Waals surface area contributed by atoms with Gasteiger partial charge in [-0.1, -0.05) is 12.1 Å². The quantitative estimate of drug-likeness (QED) is 0.354. The summed E-state index contributed by atoms with van der Waals surface area (Å²) in [4.78, 5) is 6.49. The molecule has 0 aromatic carbocycles. The van der Waals surface area contributed by atoms with Gasteiger partial charge in [-0.3, -0.25) is 0 Å². The van der Waals surface area contributed by atoms with Crippen LogP contribution in [0.4, 0.5) is 5.82 Å². The third-order valence-corrected chi connectivity index (χ3v) is 2.53. The molecule has 0 radical (unpaired) electrons. The van der Waals surface area contributed by atoms with E-state index < -0.39 is 0 Å². The van der Waals surface area contributed by atoms with Crippen molar-refractivity contribution in [2.24, 2.45) is 10.9 Å². The van der Waals surface area contributed by atoms with Gasteiger partial charge in [0.15, 0.2) is 5.84 Å². The lowest BCUT2D eigenvalue weighted by Gasteiger charge is -2.28. The van der Waals surface area contributed by atoms with Crippen LogP contribution in [0.15, 0.2) is 23.5 Å². The Kier molecular flexibility index (Phi) is 4.75. The first-order valence-electron chi connectivity index (χ1n) is 5.81. The van der Waals surface area contributed by atoms with Gasteiger partial charge in [0.05, 0.1) is 5.56 Å². The first-order valence-corrected chi connectivity index (χ1v) is 5.81. The Labute approximate surface area is 102 Å². The molecule has 1 aromatic heterocycles. The van der Waals surface area contributed by atoms with Crippen LogP contribution in [0.3, 0.4) is 0 Å². The smallest absolute Gasteiger partial charge is 0.173 e. The van der Waals surface area contributed by atoms with E-state index in [1.807, 2.05) is 6.07 Å². The Bertz CT molecular complexity index is 390. The normalized spacial score (nSPS) is 11.9. The van der Waals surface area contributed by atoms with Crippen molar-refractivity contribution >= 4 is 11.7 Å². The summed E-state index contributed by atoms with van der Waals surface area (Å²) in [6, 6.07) is 3.90. The van der Waals surface area contributed by atoms with Crippen LogP contribution in [0.2, 0.25) is 0 Å². The van der Waals surface area contributed by atoms with Crippen LogP contribution in [0.5, 0.6) is 0 Å². The lowest BCUT2D eigenvalue weighted by Crippen LogP contribution is -2.34. The molecule has 0 aliphatic carbocycles. The Morgan fingerprint density at radius 3 is 2.82 bits per heavy atom. The molecule has 5 nitrogen and oxygen atoms in total. The molecular weight excluding hydrogens is 216 g/mol. The Hall–Kier alpha value is -1.78. The van der Waals surface area contributed by atoms with Crippen LogP contribution < -0.4 is 10.6 Å². The van der Waals surface area contributed by atoms with Crippen molar-refractivity contribution in [1.29, 1.82) is 0 Å². The molecular formula is C12H20N4O. The maximum atomic E-state index is 8.78. The van der Waals surface area contributed by atoms with Gasteiger partial charge in [-0.15, -0.1) is 0 Å². The molecule has 1 aromatic rings. The van der Waals surface area contributed by atoms with E-state index in [0.717, 1.165) is 18.8 Å². The van der Waals surface area contributed by atoms with Gasteiger partial charge in [0.25, 0.3) is 0 Å². The molecule has 1 heterocycles. The summed E-state index contributed by atoms with van der Waals surface area (Å²) in [6.45, 7) is 7.20. The predicted molar refractivity (Wildman–Crippen MR) is 69.5 cm³/mol. The van der Waals surface area contributed by atoms with Crippen LogP contribution >= 0.6 is 0 Å². The Balaban J connectivity index is 3.18. The van der Waals surface area contributed by atoms with Gasteiger partial charge in [0, 0.05) is 18.8 Å². The largest absolute Gasteiger partial charge is 0.409 e. The molecule has 0 aliphatic rings. The van der Waals surface area contributed by atoms with Gasteiger partial charge in [-0.2, -0.15) is 0 Å². The third-order valence-electron chi connectivity index (χ3n) is 2.53. The second kappa shape index (κ2) is 6.08. The molecule has 5 heteroatoms. The minimum atomic E-state index is 0.0925. The third kappa shape index (κ3) is 3.09. The number of amidine groups is 1. The summed E-state index contributed by atoms with van der Waals surface area (Å²) in [5.41, 5.74) is 6.33. The number of pyridine rings is 1. The number of nitrogens with two attached hydrogens (primary N) is 1. The molecule has 0 atom stereocenters. The highest BCUT2D eigenvalue weighted by molar-refractivity contribution is 6.01. The molecule has 94 valence electrons. The molecule has 0 aliphatic heterocycles. The maximum Gasteiger partial charge on any atom is 0.173 e. The molecule has 1 rings (SSSR count). The van der Waals surface area contributed by atoms with Crippen LogP contribution in [-0.4, -0.2) is 28.6 Å². The summed E-state index contributed by atoms with van der Waals surface area (Å²) in [7, 11) is 0. The average Bonchev–Trinajstić information content (AvgIpc) is 2.34. The zero-order chi connectivity index (χ0) is 12.8. The number of rotatable bonds is 5.